The first-order valence-corrected chi connectivity index (χ1v) is 2.92. The number of aldehydes is 1. The van der Waals surface area contributed by atoms with Crippen LogP contribution in [0.1, 0.15) is 10.5 Å². The van der Waals surface area contributed by atoms with Crippen molar-refractivity contribution in [2.45, 2.75) is 0 Å². The number of rotatable bonds is 1. The minimum absolute atomic E-state index is 0.0347. The van der Waals surface area contributed by atoms with Crippen LogP contribution in [0.5, 0.6) is 5.75 Å². The second kappa shape index (κ2) is 2.66. The van der Waals surface area contributed by atoms with Crippen molar-refractivity contribution >= 4 is 17.9 Å². The van der Waals surface area contributed by atoms with Crippen LogP contribution in [0.25, 0.3) is 0 Å². The topological polar surface area (TPSA) is 50.2 Å². The summed E-state index contributed by atoms with van der Waals surface area (Å²) in [6, 6.07) is 1.41. The highest BCUT2D eigenvalue weighted by atomic mass is 35.5. The normalized spacial score (nSPS) is 9.30. The summed E-state index contributed by atoms with van der Waals surface area (Å²) < 4.78 is 0. The summed E-state index contributed by atoms with van der Waals surface area (Å²) in [7, 11) is 0. The fourth-order valence-corrected chi connectivity index (χ4v) is 0.685. The first kappa shape index (κ1) is 7.02. The quantitative estimate of drug-likeness (QED) is 0.625. The molecule has 0 radical (unpaired) electrons. The van der Waals surface area contributed by atoms with Crippen LogP contribution in [0.15, 0.2) is 12.3 Å². The van der Waals surface area contributed by atoms with Crippen LogP contribution in [0.4, 0.5) is 0 Å². The molecule has 0 aliphatic rings. The molecule has 0 saturated heterocycles. The van der Waals surface area contributed by atoms with Gasteiger partial charge in [-0.25, -0.2) is 4.98 Å². The van der Waals surface area contributed by atoms with Crippen LogP contribution >= 0.6 is 11.6 Å². The summed E-state index contributed by atoms with van der Waals surface area (Å²) in [5.41, 5.74) is -0.0347. The summed E-state index contributed by atoms with van der Waals surface area (Å²) in [6.45, 7) is 0. The van der Waals surface area contributed by atoms with E-state index in [0.29, 0.717) is 6.29 Å². The van der Waals surface area contributed by atoms with Gasteiger partial charge in [0.1, 0.15) is 5.69 Å². The third kappa shape index (κ3) is 1.09. The molecule has 3 nitrogen and oxygen atoms in total. The smallest absolute Gasteiger partial charge is 0.172 e. The average Bonchev–Trinajstić information content (AvgIpc) is 1.95. The van der Waals surface area contributed by atoms with Crippen molar-refractivity contribution in [2.24, 2.45) is 0 Å². The maximum absolute atomic E-state index is 10.1. The predicted molar refractivity (Wildman–Crippen MR) is 36.3 cm³/mol. The molecule has 0 atom stereocenters. The minimum atomic E-state index is -0.265. The van der Waals surface area contributed by atoms with E-state index in [-0.39, 0.29) is 16.5 Å². The third-order valence-corrected chi connectivity index (χ3v) is 1.32. The van der Waals surface area contributed by atoms with Gasteiger partial charge >= 0.3 is 0 Å². The first-order chi connectivity index (χ1) is 4.75. The van der Waals surface area contributed by atoms with Crippen LogP contribution in [0.3, 0.4) is 0 Å². The molecule has 1 aromatic rings. The number of hydrogen-bond acceptors (Lipinski definition) is 3. The van der Waals surface area contributed by atoms with Crippen molar-refractivity contribution in [1.82, 2.24) is 4.98 Å². The maximum Gasteiger partial charge on any atom is 0.172 e. The zero-order valence-electron chi connectivity index (χ0n) is 4.91. The molecule has 0 fully saturated rings. The molecule has 0 unspecified atom stereocenters. The average molecular weight is 158 g/mol. The van der Waals surface area contributed by atoms with Crippen molar-refractivity contribution in [3.63, 3.8) is 0 Å². The van der Waals surface area contributed by atoms with Gasteiger partial charge in [-0.3, -0.25) is 4.79 Å². The van der Waals surface area contributed by atoms with E-state index in [1.807, 2.05) is 0 Å². The molecule has 0 saturated carbocycles. The first-order valence-electron chi connectivity index (χ1n) is 2.54. The highest BCUT2D eigenvalue weighted by Gasteiger charge is 2.03. The van der Waals surface area contributed by atoms with Crippen LogP contribution in [-0.2, 0) is 0 Å². The van der Waals surface area contributed by atoms with Gasteiger partial charge in [0.05, 0.1) is 5.02 Å². The van der Waals surface area contributed by atoms with Crippen molar-refractivity contribution in [3.8, 4) is 5.75 Å². The van der Waals surface area contributed by atoms with Gasteiger partial charge in [0.15, 0.2) is 12.0 Å². The van der Waals surface area contributed by atoms with Gasteiger partial charge in [-0.1, -0.05) is 11.6 Å². The largest absolute Gasteiger partial charge is 0.504 e. The Labute approximate surface area is 62.3 Å². The van der Waals surface area contributed by atoms with Crippen LogP contribution < -0.4 is 0 Å². The Kier molecular flexibility index (Phi) is 1.87. The Bertz CT molecular complexity index is 262. The molecule has 4 heteroatoms. The number of carbonyl (C=O) groups is 1. The molecule has 1 N–H and O–H groups in total. The Hall–Kier alpha value is -1.09. The lowest BCUT2D eigenvalue weighted by Gasteiger charge is -1.95. The second-order valence-electron chi connectivity index (χ2n) is 1.64. The lowest BCUT2D eigenvalue weighted by Crippen LogP contribution is -1.85. The summed E-state index contributed by atoms with van der Waals surface area (Å²) in [5, 5.41) is 9.11. The van der Waals surface area contributed by atoms with E-state index in [9.17, 15) is 4.79 Å². The zero-order valence-corrected chi connectivity index (χ0v) is 5.67. The second-order valence-corrected chi connectivity index (χ2v) is 2.05. The lowest BCUT2D eigenvalue weighted by molar-refractivity contribution is 0.111. The van der Waals surface area contributed by atoms with Gasteiger partial charge in [0.25, 0.3) is 0 Å². The monoisotopic (exact) mass is 157 g/mol. The van der Waals surface area contributed by atoms with E-state index < -0.39 is 0 Å². The number of aromatic hydroxyl groups is 1. The SMILES string of the molecule is O=Cc1nccc(Cl)c1O. The molecular weight excluding hydrogens is 154 g/mol. The number of hydrogen-bond donors (Lipinski definition) is 1. The molecule has 0 spiro atoms. The molecule has 10 heavy (non-hydrogen) atoms. The fraction of sp³-hybridized carbons (Fsp3) is 0. The minimum Gasteiger partial charge on any atom is -0.504 e. The molecule has 52 valence electrons. The molecule has 1 heterocycles. The highest BCUT2D eigenvalue weighted by Crippen LogP contribution is 2.23. The number of nitrogens with zero attached hydrogens (tertiary/aromatic N) is 1. The molecule has 0 aliphatic heterocycles. The fourth-order valence-electron chi connectivity index (χ4n) is 0.532. The van der Waals surface area contributed by atoms with E-state index in [0.717, 1.165) is 0 Å². The van der Waals surface area contributed by atoms with Crippen molar-refractivity contribution in [2.75, 3.05) is 0 Å². The molecule has 0 bridgehead atoms. The maximum atomic E-state index is 10.1. The number of pyridine rings is 1. The third-order valence-electron chi connectivity index (χ3n) is 1.01. The highest BCUT2D eigenvalue weighted by molar-refractivity contribution is 6.32. The van der Waals surface area contributed by atoms with E-state index in [1.54, 1.807) is 0 Å². The summed E-state index contributed by atoms with van der Waals surface area (Å²) in [6.07, 6.45) is 1.80. The van der Waals surface area contributed by atoms with E-state index >= 15 is 0 Å². The zero-order chi connectivity index (χ0) is 7.56. The summed E-state index contributed by atoms with van der Waals surface area (Å²) >= 11 is 5.44. The molecule has 1 rings (SSSR count). The van der Waals surface area contributed by atoms with Gasteiger partial charge in [0.2, 0.25) is 0 Å². The van der Waals surface area contributed by atoms with Gasteiger partial charge in [0, 0.05) is 6.20 Å². The lowest BCUT2D eigenvalue weighted by atomic mass is 10.3. The Morgan fingerprint density at radius 2 is 2.40 bits per heavy atom. The van der Waals surface area contributed by atoms with Crippen LogP contribution in [-0.4, -0.2) is 16.4 Å². The molecule has 0 amide bonds. The van der Waals surface area contributed by atoms with Crippen LogP contribution in [0.2, 0.25) is 5.02 Å². The molecule has 0 aliphatic carbocycles. The van der Waals surface area contributed by atoms with Crippen molar-refractivity contribution < 1.29 is 9.90 Å². The number of halogens is 1. The Balaban J connectivity index is 3.27. The van der Waals surface area contributed by atoms with Gasteiger partial charge in [-0.2, -0.15) is 0 Å². The summed E-state index contributed by atoms with van der Waals surface area (Å²) in [4.78, 5) is 13.7. The molecule has 1 aromatic heterocycles. The van der Waals surface area contributed by atoms with Gasteiger partial charge in [-0.05, 0) is 6.07 Å². The van der Waals surface area contributed by atoms with Crippen LogP contribution in [0, 0.1) is 0 Å². The Morgan fingerprint density at radius 3 is 2.90 bits per heavy atom. The molecular formula is C6H4ClNO2. The molecule has 0 aromatic carbocycles. The van der Waals surface area contributed by atoms with E-state index in [4.69, 9.17) is 16.7 Å². The Morgan fingerprint density at radius 1 is 1.70 bits per heavy atom. The standard InChI is InChI=1S/C6H4ClNO2/c7-4-1-2-8-5(3-9)6(4)10/h1-3,10H. The summed E-state index contributed by atoms with van der Waals surface area (Å²) in [5.74, 6) is -0.265. The van der Waals surface area contributed by atoms with Gasteiger partial charge in [-0.15, -0.1) is 0 Å². The van der Waals surface area contributed by atoms with Gasteiger partial charge < -0.3 is 5.11 Å². The number of aromatic nitrogens is 1. The number of carbonyl (C=O) groups excluding carboxylic acids is 1. The van der Waals surface area contributed by atoms with E-state index in [2.05, 4.69) is 4.98 Å². The van der Waals surface area contributed by atoms with E-state index in [1.165, 1.54) is 12.3 Å². The van der Waals surface area contributed by atoms with Crippen molar-refractivity contribution in [1.29, 1.82) is 0 Å². The predicted octanol–water partition coefficient (Wildman–Crippen LogP) is 1.25. The van der Waals surface area contributed by atoms with Crippen molar-refractivity contribution in [3.05, 3.63) is 23.0 Å².